The van der Waals surface area contributed by atoms with Gasteiger partial charge in [-0.15, -0.1) is 0 Å². The number of nitrogen functional groups attached to an aromatic ring is 1. The zero-order chi connectivity index (χ0) is 20.9. The summed E-state index contributed by atoms with van der Waals surface area (Å²) in [6.45, 7) is 0. The standard InChI is InChI=1S/C22H18N6O2/c23-12-16-10-18(6-7-19(16)24)26-21-11-20(30-28-21)14-3-1-5-17(9-14)27-22(29)15-4-2-8-25-13-15/h1-13,23H,24H2,(H,26,28)(H,27,29). The topological polar surface area (TPSA) is 130 Å². The van der Waals surface area contributed by atoms with Gasteiger partial charge in [0.1, 0.15) is 0 Å². The first-order valence-electron chi connectivity index (χ1n) is 9.08. The minimum absolute atomic E-state index is 0.245. The van der Waals surface area contributed by atoms with Gasteiger partial charge in [-0.25, -0.2) is 0 Å². The highest BCUT2D eigenvalue weighted by atomic mass is 16.5. The largest absolute Gasteiger partial charge is 0.398 e. The van der Waals surface area contributed by atoms with E-state index in [2.05, 4.69) is 20.8 Å². The van der Waals surface area contributed by atoms with E-state index in [-0.39, 0.29) is 5.91 Å². The number of amides is 1. The van der Waals surface area contributed by atoms with E-state index in [1.54, 1.807) is 54.7 Å². The molecule has 8 heteroatoms. The maximum Gasteiger partial charge on any atom is 0.257 e. The Hall–Kier alpha value is -4.46. The molecular formula is C22H18N6O2. The van der Waals surface area contributed by atoms with E-state index in [0.717, 1.165) is 11.3 Å². The van der Waals surface area contributed by atoms with Crippen molar-refractivity contribution in [3.63, 3.8) is 0 Å². The fourth-order valence-electron chi connectivity index (χ4n) is 2.85. The summed E-state index contributed by atoms with van der Waals surface area (Å²) in [5, 5.41) is 17.4. The predicted octanol–water partition coefficient (Wildman–Crippen LogP) is 4.31. The van der Waals surface area contributed by atoms with Crippen LogP contribution in [0.1, 0.15) is 15.9 Å². The van der Waals surface area contributed by atoms with Gasteiger partial charge in [0.2, 0.25) is 0 Å². The van der Waals surface area contributed by atoms with Crippen LogP contribution in [0.15, 0.2) is 77.6 Å². The van der Waals surface area contributed by atoms with Crippen LogP contribution in [0.2, 0.25) is 0 Å². The molecule has 0 radical (unpaired) electrons. The Balaban J connectivity index is 1.50. The molecule has 4 aromatic rings. The number of hydrogen-bond donors (Lipinski definition) is 4. The van der Waals surface area contributed by atoms with Crippen molar-refractivity contribution in [3.05, 3.63) is 84.2 Å². The number of carbonyl (C=O) groups excluding carboxylic acids is 1. The van der Waals surface area contributed by atoms with Crippen LogP contribution in [0.3, 0.4) is 0 Å². The molecule has 0 saturated carbocycles. The second-order valence-corrected chi connectivity index (χ2v) is 6.47. The molecule has 2 aromatic carbocycles. The Morgan fingerprint density at radius 3 is 2.77 bits per heavy atom. The third-order valence-electron chi connectivity index (χ3n) is 4.35. The summed E-state index contributed by atoms with van der Waals surface area (Å²) in [5.74, 6) is 0.804. The lowest BCUT2D eigenvalue weighted by molar-refractivity contribution is 0.102. The van der Waals surface area contributed by atoms with Crippen molar-refractivity contribution in [2.24, 2.45) is 0 Å². The Labute approximate surface area is 172 Å². The monoisotopic (exact) mass is 398 g/mol. The van der Waals surface area contributed by atoms with Gasteiger partial charge < -0.3 is 26.3 Å². The molecule has 1 amide bonds. The van der Waals surface area contributed by atoms with E-state index in [9.17, 15) is 4.79 Å². The molecule has 0 saturated heterocycles. The quantitative estimate of drug-likeness (QED) is 0.283. The first-order chi connectivity index (χ1) is 14.6. The van der Waals surface area contributed by atoms with Crippen molar-refractivity contribution < 1.29 is 9.32 Å². The van der Waals surface area contributed by atoms with E-state index in [0.29, 0.717) is 34.1 Å². The van der Waals surface area contributed by atoms with Crippen molar-refractivity contribution in [2.45, 2.75) is 0 Å². The molecule has 148 valence electrons. The van der Waals surface area contributed by atoms with E-state index in [1.165, 1.54) is 12.4 Å². The fraction of sp³-hybridized carbons (Fsp3) is 0. The van der Waals surface area contributed by atoms with Crippen LogP contribution in [0.4, 0.5) is 22.9 Å². The van der Waals surface area contributed by atoms with Crippen LogP contribution < -0.4 is 16.4 Å². The fourth-order valence-corrected chi connectivity index (χ4v) is 2.85. The van der Waals surface area contributed by atoms with Gasteiger partial charge >= 0.3 is 0 Å². The molecule has 30 heavy (non-hydrogen) atoms. The lowest BCUT2D eigenvalue weighted by atomic mass is 10.1. The van der Waals surface area contributed by atoms with Crippen LogP contribution in [-0.2, 0) is 0 Å². The average molecular weight is 398 g/mol. The summed E-state index contributed by atoms with van der Waals surface area (Å²) in [7, 11) is 0. The summed E-state index contributed by atoms with van der Waals surface area (Å²) in [6.07, 6.45) is 4.32. The zero-order valence-electron chi connectivity index (χ0n) is 15.8. The molecule has 4 rings (SSSR count). The van der Waals surface area contributed by atoms with Crippen LogP contribution >= 0.6 is 0 Å². The summed E-state index contributed by atoms with van der Waals surface area (Å²) in [4.78, 5) is 16.3. The van der Waals surface area contributed by atoms with Gasteiger partial charge in [-0.3, -0.25) is 9.78 Å². The summed E-state index contributed by atoms with van der Waals surface area (Å²) >= 11 is 0. The highest BCUT2D eigenvalue weighted by Gasteiger charge is 2.10. The van der Waals surface area contributed by atoms with Crippen molar-refractivity contribution in [2.75, 3.05) is 16.4 Å². The maximum atomic E-state index is 12.3. The van der Waals surface area contributed by atoms with E-state index in [4.69, 9.17) is 15.7 Å². The average Bonchev–Trinajstić information content (AvgIpc) is 3.24. The number of hydrogen-bond acceptors (Lipinski definition) is 7. The Morgan fingerprint density at radius 2 is 1.97 bits per heavy atom. The lowest BCUT2D eigenvalue weighted by Gasteiger charge is -2.06. The van der Waals surface area contributed by atoms with Crippen molar-refractivity contribution >= 4 is 35.0 Å². The number of carbonyl (C=O) groups is 1. The second kappa shape index (κ2) is 8.27. The van der Waals surface area contributed by atoms with Gasteiger partial charge in [0.15, 0.2) is 11.6 Å². The Bertz CT molecular complexity index is 1200. The smallest absolute Gasteiger partial charge is 0.257 e. The van der Waals surface area contributed by atoms with Crippen LogP contribution in [0, 0.1) is 5.41 Å². The van der Waals surface area contributed by atoms with E-state index >= 15 is 0 Å². The van der Waals surface area contributed by atoms with E-state index in [1.807, 2.05) is 12.1 Å². The molecule has 0 bridgehead atoms. The number of nitrogens with zero attached hydrogens (tertiary/aromatic N) is 2. The Morgan fingerprint density at radius 1 is 1.07 bits per heavy atom. The third kappa shape index (κ3) is 4.17. The van der Waals surface area contributed by atoms with Gasteiger partial charge in [-0.2, -0.15) is 0 Å². The zero-order valence-corrected chi connectivity index (χ0v) is 15.8. The molecule has 2 aromatic heterocycles. The number of nitrogens with one attached hydrogen (secondary N) is 3. The molecule has 0 aliphatic heterocycles. The molecule has 0 atom stereocenters. The Kier molecular flexibility index (Phi) is 5.21. The van der Waals surface area contributed by atoms with Crippen molar-refractivity contribution in [1.29, 1.82) is 5.41 Å². The maximum absolute atomic E-state index is 12.3. The molecule has 0 fully saturated rings. The number of nitrogens with two attached hydrogens (primary N) is 1. The highest BCUT2D eigenvalue weighted by molar-refractivity contribution is 6.04. The number of anilines is 4. The normalized spacial score (nSPS) is 10.4. The molecule has 2 heterocycles. The lowest BCUT2D eigenvalue weighted by Crippen LogP contribution is -2.11. The first kappa shape index (κ1) is 18.9. The molecule has 5 N–H and O–H groups in total. The van der Waals surface area contributed by atoms with Crippen LogP contribution in [0.5, 0.6) is 0 Å². The summed E-state index contributed by atoms with van der Waals surface area (Å²) in [5.41, 5.74) is 9.55. The van der Waals surface area contributed by atoms with Gasteiger partial charge in [-0.1, -0.05) is 17.3 Å². The molecule has 8 nitrogen and oxygen atoms in total. The second-order valence-electron chi connectivity index (χ2n) is 6.47. The minimum atomic E-state index is -0.245. The molecule has 0 aliphatic carbocycles. The molecule has 0 aliphatic rings. The van der Waals surface area contributed by atoms with Gasteiger partial charge in [0.25, 0.3) is 5.91 Å². The van der Waals surface area contributed by atoms with Crippen molar-refractivity contribution in [1.82, 2.24) is 10.1 Å². The van der Waals surface area contributed by atoms with Gasteiger partial charge in [0.05, 0.1) is 5.56 Å². The van der Waals surface area contributed by atoms with Crippen LogP contribution in [0.25, 0.3) is 11.3 Å². The van der Waals surface area contributed by atoms with Gasteiger partial charge in [0, 0.05) is 52.9 Å². The number of benzene rings is 2. The molecule has 0 unspecified atom stereocenters. The molecular weight excluding hydrogens is 380 g/mol. The predicted molar refractivity (Wildman–Crippen MR) is 116 cm³/mol. The first-order valence-corrected chi connectivity index (χ1v) is 9.08. The summed E-state index contributed by atoms with van der Waals surface area (Å²) < 4.78 is 5.44. The SMILES string of the molecule is N=Cc1cc(Nc2cc(-c3cccc(NC(=O)c4cccnc4)c3)on2)ccc1N. The van der Waals surface area contributed by atoms with Crippen LogP contribution in [-0.4, -0.2) is 22.3 Å². The number of pyridine rings is 1. The highest BCUT2D eigenvalue weighted by Crippen LogP contribution is 2.27. The van der Waals surface area contributed by atoms with Crippen molar-refractivity contribution in [3.8, 4) is 11.3 Å². The van der Waals surface area contributed by atoms with E-state index < -0.39 is 0 Å². The molecule has 0 spiro atoms. The number of rotatable bonds is 6. The minimum Gasteiger partial charge on any atom is -0.398 e. The van der Waals surface area contributed by atoms with Gasteiger partial charge in [-0.05, 0) is 42.5 Å². The summed E-state index contributed by atoms with van der Waals surface area (Å²) in [6, 6.07) is 17.7. The number of aromatic nitrogens is 2. The third-order valence-corrected chi connectivity index (χ3v) is 4.35.